The van der Waals surface area contributed by atoms with E-state index in [1.54, 1.807) is 38.6 Å². The summed E-state index contributed by atoms with van der Waals surface area (Å²) in [6.45, 7) is 8.60. The summed E-state index contributed by atoms with van der Waals surface area (Å²) in [5.74, 6) is -2.19. The van der Waals surface area contributed by atoms with Crippen LogP contribution in [0.1, 0.15) is 66.2 Å². The highest BCUT2D eigenvalue weighted by Crippen LogP contribution is 2.28. The number of nitrogens with zero attached hydrogens (tertiary/aromatic N) is 6. The number of benzene rings is 1. The number of nitrogens with one attached hydrogen (secondary N) is 3. The number of carbonyl (C=O) groups excluding carboxylic acids is 5. The molecule has 2 aliphatic heterocycles. The number of hydrogen-bond acceptors (Lipinski definition) is 8. The van der Waals surface area contributed by atoms with E-state index in [1.165, 1.54) is 16.5 Å². The average Bonchev–Trinajstić information content (AvgIpc) is 3.71. The highest BCUT2D eigenvalue weighted by Gasteiger charge is 2.43. The lowest BCUT2D eigenvalue weighted by molar-refractivity contribution is -0.140. The van der Waals surface area contributed by atoms with Crippen LogP contribution in [-0.2, 0) is 38.7 Å². The zero-order chi connectivity index (χ0) is 32.4. The molecule has 45 heavy (non-hydrogen) atoms. The predicted molar refractivity (Wildman–Crippen MR) is 162 cm³/mol. The molecule has 3 N–H and O–H groups in total. The Morgan fingerprint density at radius 1 is 1.02 bits per heavy atom. The van der Waals surface area contributed by atoms with E-state index >= 15 is 0 Å². The molecule has 0 aliphatic carbocycles. The van der Waals surface area contributed by atoms with Gasteiger partial charge in [-0.2, -0.15) is 5.10 Å². The maximum Gasteiger partial charge on any atom is 0.245 e. The van der Waals surface area contributed by atoms with Crippen molar-refractivity contribution in [2.24, 2.45) is 5.92 Å². The van der Waals surface area contributed by atoms with Crippen molar-refractivity contribution >= 4 is 29.4 Å². The number of carbonyl (C=O) groups is 5. The minimum atomic E-state index is -0.962. The lowest BCUT2D eigenvalue weighted by atomic mass is 10.00. The SMILES string of the molecule is CC(=O)c1c(C)nn(CC(=O)N2C[C@@H]3C[C@H]2C(=O)N[C@@H](C(C)C)C(=O)N[C@H](Cc2ccccc2)C(=O)NCc2cn3nn2)c1C. The predicted octanol–water partition coefficient (Wildman–Crippen LogP) is 0.634. The van der Waals surface area contributed by atoms with E-state index < -0.39 is 29.9 Å². The summed E-state index contributed by atoms with van der Waals surface area (Å²) in [7, 11) is 0. The monoisotopic (exact) mass is 617 g/mol. The third-order valence-electron chi connectivity index (χ3n) is 8.46. The van der Waals surface area contributed by atoms with Crippen LogP contribution in [0, 0.1) is 19.8 Å². The van der Waals surface area contributed by atoms with Crippen molar-refractivity contribution in [1.29, 1.82) is 0 Å². The second-order valence-electron chi connectivity index (χ2n) is 12.1. The first kappa shape index (κ1) is 31.5. The van der Waals surface area contributed by atoms with Crippen molar-refractivity contribution in [2.75, 3.05) is 6.54 Å². The standard InChI is InChI=1S/C31H39N9O5/c1-17(2)28-31(45)33-24(11-21-9-7-6-8-10-21)29(43)32-13-22-14-40(37-35-22)23-12-25(30(44)34-28)38(15-23)26(42)16-39-19(4)27(20(5)41)18(3)36-39/h6-10,14,17,23-25,28H,11-13,15-16H2,1-5H3,(H,32,43)(H,33,45)(H,34,44)/t23-,24+,25-,28-/m0/s1. The van der Waals surface area contributed by atoms with E-state index in [1.807, 2.05) is 30.3 Å². The van der Waals surface area contributed by atoms with Gasteiger partial charge in [-0.3, -0.25) is 28.7 Å². The Bertz CT molecular complexity index is 1610. The number of hydrogen-bond donors (Lipinski definition) is 3. The van der Waals surface area contributed by atoms with E-state index in [0.29, 0.717) is 22.6 Å². The van der Waals surface area contributed by atoms with Gasteiger partial charge in [-0.25, -0.2) is 4.68 Å². The summed E-state index contributed by atoms with van der Waals surface area (Å²) in [6, 6.07) is 6.18. The second-order valence-corrected chi connectivity index (χ2v) is 12.1. The third kappa shape index (κ3) is 6.79. The largest absolute Gasteiger partial charge is 0.349 e. The molecule has 3 aromatic rings. The van der Waals surface area contributed by atoms with Gasteiger partial charge in [-0.15, -0.1) is 5.10 Å². The lowest BCUT2D eigenvalue weighted by Crippen LogP contribution is -2.58. The molecule has 5 rings (SSSR count). The average molecular weight is 618 g/mol. The van der Waals surface area contributed by atoms with Gasteiger partial charge in [-0.1, -0.05) is 49.4 Å². The number of aryl methyl sites for hydroxylation is 1. The number of likely N-dealkylation sites (tertiary alicyclic amines) is 1. The van der Waals surface area contributed by atoms with Crippen LogP contribution in [0.25, 0.3) is 0 Å². The van der Waals surface area contributed by atoms with E-state index in [0.717, 1.165) is 5.56 Å². The summed E-state index contributed by atoms with van der Waals surface area (Å²) in [4.78, 5) is 68.2. The van der Waals surface area contributed by atoms with Crippen molar-refractivity contribution in [3.63, 3.8) is 0 Å². The Hall–Kier alpha value is -4.88. The summed E-state index contributed by atoms with van der Waals surface area (Å²) in [6.07, 6.45) is 2.18. The number of amides is 4. The van der Waals surface area contributed by atoms with Crippen LogP contribution >= 0.6 is 0 Å². The van der Waals surface area contributed by atoms with E-state index in [-0.39, 0.29) is 62.0 Å². The molecule has 1 aromatic carbocycles. The van der Waals surface area contributed by atoms with Gasteiger partial charge >= 0.3 is 0 Å². The molecule has 0 spiro atoms. The van der Waals surface area contributed by atoms with Crippen molar-refractivity contribution < 1.29 is 24.0 Å². The minimum absolute atomic E-state index is 0.0833. The fourth-order valence-corrected chi connectivity index (χ4v) is 6.09. The zero-order valence-electron chi connectivity index (χ0n) is 26.1. The Morgan fingerprint density at radius 3 is 2.42 bits per heavy atom. The van der Waals surface area contributed by atoms with Gasteiger partial charge in [0.2, 0.25) is 23.6 Å². The van der Waals surface area contributed by atoms with Gasteiger partial charge in [0.1, 0.15) is 30.4 Å². The van der Waals surface area contributed by atoms with E-state index in [4.69, 9.17) is 0 Å². The first-order chi connectivity index (χ1) is 21.4. The lowest BCUT2D eigenvalue weighted by Gasteiger charge is -2.29. The van der Waals surface area contributed by atoms with Crippen LogP contribution in [0.15, 0.2) is 36.5 Å². The molecule has 1 fully saturated rings. The molecule has 4 heterocycles. The molecule has 0 radical (unpaired) electrons. The first-order valence-corrected chi connectivity index (χ1v) is 15.1. The van der Waals surface area contributed by atoms with Crippen LogP contribution in [-0.4, -0.2) is 83.8 Å². The fourth-order valence-electron chi connectivity index (χ4n) is 6.09. The Labute approximate surface area is 260 Å². The first-order valence-electron chi connectivity index (χ1n) is 15.1. The van der Waals surface area contributed by atoms with Crippen molar-refractivity contribution in [3.05, 3.63) is 64.7 Å². The van der Waals surface area contributed by atoms with Crippen LogP contribution in [0.4, 0.5) is 0 Å². The summed E-state index contributed by atoms with van der Waals surface area (Å²) < 4.78 is 3.09. The van der Waals surface area contributed by atoms with Crippen molar-refractivity contribution in [1.82, 2.24) is 45.6 Å². The number of fused-ring (bicyclic) bond motifs is 5. The fraction of sp³-hybridized carbons (Fsp3) is 0.484. The minimum Gasteiger partial charge on any atom is -0.349 e. The summed E-state index contributed by atoms with van der Waals surface area (Å²) in [5, 5.41) is 21.4. The molecule has 4 atom stereocenters. The Kier molecular flexibility index (Phi) is 9.11. The van der Waals surface area contributed by atoms with Crippen LogP contribution in [0.5, 0.6) is 0 Å². The highest BCUT2D eigenvalue weighted by atomic mass is 16.2. The number of aromatic nitrogens is 5. The Morgan fingerprint density at radius 2 is 1.76 bits per heavy atom. The van der Waals surface area contributed by atoms with Gasteiger partial charge in [0.25, 0.3) is 0 Å². The molecule has 0 saturated carbocycles. The second kappa shape index (κ2) is 13.0. The molecular formula is C31H39N9O5. The molecule has 4 amide bonds. The van der Waals surface area contributed by atoms with Gasteiger partial charge in [0, 0.05) is 25.1 Å². The van der Waals surface area contributed by atoms with Gasteiger partial charge < -0.3 is 20.9 Å². The Balaban J connectivity index is 1.44. The van der Waals surface area contributed by atoms with Gasteiger partial charge in [0.15, 0.2) is 5.78 Å². The van der Waals surface area contributed by atoms with E-state index in [9.17, 15) is 24.0 Å². The number of ketones is 1. The molecule has 0 unspecified atom stereocenters. The molecule has 14 heteroatoms. The van der Waals surface area contributed by atoms with E-state index in [2.05, 4.69) is 31.4 Å². The molecule has 2 aliphatic rings. The number of rotatable bonds is 6. The summed E-state index contributed by atoms with van der Waals surface area (Å²) >= 11 is 0. The van der Waals surface area contributed by atoms with Crippen LogP contribution < -0.4 is 16.0 Å². The van der Waals surface area contributed by atoms with Crippen LogP contribution in [0.2, 0.25) is 0 Å². The summed E-state index contributed by atoms with van der Waals surface area (Å²) in [5.41, 5.74) is 2.92. The van der Waals surface area contributed by atoms with Gasteiger partial charge in [0.05, 0.1) is 30.0 Å². The molecule has 14 nitrogen and oxygen atoms in total. The van der Waals surface area contributed by atoms with Gasteiger partial charge in [-0.05, 0) is 32.3 Å². The normalized spacial score (nSPS) is 22.4. The third-order valence-corrected chi connectivity index (χ3v) is 8.46. The quantitative estimate of drug-likeness (QED) is 0.338. The molecule has 238 valence electrons. The molecular weight excluding hydrogens is 578 g/mol. The molecule has 1 saturated heterocycles. The smallest absolute Gasteiger partial charge is 0.245 e. The van der Waals surface area contributed by atoms with Crippen molar-refractivity contribution in [2.45, 2.75) is 84.7 Å². The topological polar surface area (TPSA) is 173 Å². The zero-order valence-corrected chi connectivity index (χ0v) is 26.1. The number of Topliss-reactive ketones (excluding diaryl/α,β-unsaturated/α-hetero) is 1. The van der Waals surface area contributed by atoms with Crippen molar-refractivity contribution in [3.8, 4) is 0 Å². The maximum absolute atomic E-state index is 13.9. The molecule has 4 bridgehead atoms. The maximum atomic E-state index is 13.9. The van der Waals surface area contributed by atoms with Crippen LogP contribution in [0.3, 0.4) is 0 Å². The highest BCUT2D eigenvalue weighted by molar-refractivity contribution is 5.97. The molecule has 2 aromatic heterocycles.